The van der Waals surface area contributed by atoms with Gasteiger partial charge in [-0.1, -0.05) is 23.5 Å². The standard InChI is InChI=1S/C25H16FN3O6S/c1-35-17-9-10-18-19(12-17)36-25(27-18)28-21(14-3-2-4-16(11-14)29(33)34)20(23(31)24(28)32)22(30)13-5-7-15(26)8-6-13/h2-12,21,30H,1H3/b22-20+/t21-/m1/s1. The van der Waals surface area contributed by atoms with Gasteiger partial charge in [0.25, 0.3) is 11.5 Å². The predicted molar refractivity (Wildman–Crippen MR) is 130 cm³/mol. The minimum atomic E-state index is -1.21. The summed E-state index contributed by atoms with van der Waals surface area (Å²) in [6, 6.07) is 14.1. The van der Waals surface area contributed by atoms with Crippen LogP contribution in [-0.2, 0) is 9.59 Å². The first-order valence-corrected chi connectivity index (χ1v) is 11.4. The van der Waals surface area contributed by atoms with Crippen molar-refractivity contribution >= 4 is 49.8 Å². The topological polar surface area (TPSA) is 123 Å². The van der Waals surface area contributed by atoms with Gasteiger partial charge >= 0.3 is 5.91 Å². The highest BCUT2D eigenvalue weighted by molar-refractivity contribution is 7.22. The van der Waals surface area contributed by atoms with Gasteiger partial charge in [0.1, 0.15) is 17.3 Å². The highest BCUT2D eigenvalue weighted by atomic mass is 32.1. The molecule has 1 aromatic heterocycles. The Labute approximate surface area is 206 Å². The van der Waals surface area contributed by atoms with Gasteiger partial charge in [0, 0.05) is 17.7 Å². The third-order valence-corrected chi connectivity index (χ3v) is 6.77. The van der Waals surface area contributed by atoms with Crippen LogP contribution in [0.5, 0.6) is 5.75 Å². The van der Waals surface area contributed by atoms with E-state index in [-0.39, 0.29) is 27.5 Å². The number of thiazole rings is 1. The van der Waals surface area contributed by atoms with E-state index in [1.165, 1.54) is 43.5 Å². The maximum absolute atomic E-state index is 13.5. The van der Waals surface area contributed by atoms with Crippen LogP contribution in [0.3, 0.4) is 0 Å². The zero-order chi connectivity index (χ0) is 25.6. The van der Waals surface area contributed by atoms with E-state index in [1.807, 2.05) is 0 Å². The summed E-state index contributed by atoms with van der Waals surface area (Å²) >= 11 is 1.12. The Hall–Kier alpha value is -4.64. The lowest BCUT2D eigenvalue weighted by Crippen LogP contribution is -2.29. The fourth-order valence-corrected chi connectivity index (χ4v) is 5.06. The Balaban J connectivity index is 1.74. The number of nitro benzene ring substituents is 1. The number of aliphatic hydroxyl groups is 1. The molecule has 5 rings (SSSR count). The van der Waals surface area contributed by atoms with Crippen molar-refractivity contribution in [2.45, 2.75) is 6.04 Å². The molecule has 0 aliphatic carbocycles. The summed E-state index contributed by atoms with van der Waals surface area (Å²) in [6.07, 6.45) is 0. The summed E-state index contributed by atoms with van der Waals surface area (Å²) < 4.78 is 19.4. The fraction of sp³-hybridized carbons (Fsp3) is 0.0800. The van der Waals surface area contributed by atoms with Crippen LogP contribution in [0.4, 0.5) is 15.2 Å². The number of nitrogens with zero attached hydrogens (tertiary/aromatic N) is 3. The number of methoxy groups -OCH3 is 1. The van der Waals surface area contributed by atoms with Gasteiger partial charge in [0.15, 0.2) is 5.13 Å². The van der Waals surface area contributed by atoms with Gasteiger partial charge in [-0.15, -0.1) is 0 Å². The number of hydrogen-bond acceptors (Lipinski definition) is 8. The number of nitro groups is 1. The van der Waals surface area contributed by atoms with E-state index < -0.39 is 34.2 Å². The molecule has 180 valence electrons. The number of amides is 1. The predicted octanol–water partition coefficient (Wildman–Crippen LogP) is 4.98. The third kappa shape index (κ3) is 3.85. The fourth-order valence-electron chi connectivity index (χ4n) is 4.04. The van der Waals surface area contributed by atoms with E-state index in [2.05, 4.69) is 4.98 Å². The van der Waals surface area contributed by atoms with Gasteiger partial charge in [-0.05, 0) is 48.0 Å². The number of Topliss-reactive ketones (excluding diaryl/α,β-unsaturated/α-hetero) is 1. The van der Waals surface area contributed by atoms with E-state index >= 15 is 0 Å². The number of non-ortho nitro benzene ring substituents is 1. The number of halogens is 1. The molecule has 0 radical (unpaired) electrons. The van der Waals surface area contributed by atoms with Gasteiger partial charge in [-0.3, -0.25) is 24.6 Å². The zero-order valence-corrected chi connectivity index (χ0v) is 19.4. The molecule has 1 aliphatic rings. The van der Waals surface area contributed by atoms with E-state index in [4.69, 9.17) is 4.74 Å². The average Bonchev–Trinajstić information content (AvgIpc) is 3.41. The minimum Gasteiger partial charge on any atom is -0.507 e. The van der Waals surface area contributed by atoms with E-state index in [1.54, 1.807) is 18.2 Å². The molecule has 1 atom stereocenters. The van der Waals surface area contributed by atoms with Crippen LogP contribution in [-0.4, -0.2) is 33.8 Å². The Kier molecular flexibility index (Phi) is 5.69. The molecule has 9 nitrogen and oxygen atoms in total. The van der Waals surface area contributed by atoms with Crippen molar-refractivity contribution in [2.75, 3.05) is 12.0 Å². The summed E-state index contributed by atoms with van der Waals surface area (Å²) in [5.41, 5.74) is 0.342. The number of rotatable bonds is 5. The molecule has 3 aromatic carbocycles. The van der Waals surface area contributed by atoms with Gasteiger partial charge in [0.2, 0.25) is 0 Å². The molecular weight excluding hydrogens is 489 g/mol. The SMILES string of the molecule is COc1ccc2nc(N3C(=O)C(=O)/C(=C(/O)c4ccc(F)cc4)[C@H]3c3cccc([N+](=O)[O-])c3)sc2c1. The zero-order valence-electron chi connectivity index (χ0n) is 18.5. The molecule has 36 heavy (non-hydrogen) atoms. The van der Waals surface area contributed by atoms with Crippen molar-refractivity contribution in [3.63, 3.8) is 0 Å². The Bertz CT molecular complexity index is 1580. The molecule has 1 N–H and O–H groups in total. The number of ether oxygens (including phenoxy) is 1. The Morgan fingerprint density at radius 3 is 2.58 bits per heavy atom. The van der Waals surface area contributed by atoms with Crippen molar-refractivity contribution in [3.05, 3.63) is 99.4 Å². The molecule has 0 bridgehead atoms. The first-order chi connectivity index (χ1) is 17.3. The molecular formula is C25H16FN3O6S. The van der Waals surface area contributed by atoms with Crippen molar-refractivity contribution < 1.29 is 28.7 Å². The van der Waals surface area contributed by atoms with Crippen molar-refractivity contribution in [2.24, 2.45) is 0 Å². The van der Waals surface area contributed by atoms with Crippen molar-refractivity contribution in [1.82, 2.24) is 4.98 Å². The lowest BCUT2D eigenvalue weighted by Gasteiger charge is -2.22. The number of aromatic nitrogens is 1. The van der Waals surface area contributed by atoms with Gasteiger partial charge in [0.05, 0.1) is 33.9 Å². The molecule has 2 heterocycles. The molecule has 4 aromatic rings. The van der Waals surface area contributed by atoms with E-state index in [9.17, 15) is 29.2 Å². The van der Waals surface area contributed by atoms with Crippen LogP contribution in [0, 0.1) is 15.9 Å². The Morgan fingerprint density at radius 2 is 1.89 bits per heavy atom. The highest BCUT2D eigenvalue weighted by Gasteiger charge is 2.48. The van der Waals surface area contributed by atoms with Crippen LogP contribution in [0.15, 0.2) is 72.3 Å². The normalized spacial score (nSPS) is 17.1. The van der Waals surface area contributed by atoms with Crippen LogP contribution >= 0.6 is 11.3 Å². The first kappa shape index (κ1) is 23.1. The first-order valence-electron chi connectivity index (χ1n) is 10.5. The maximum Gasteiger partial charge on any atom is 0.301 e. The lowest BCUT2D eigenvalue weighted by molar-refractivity contribution is -0.384. The third-order valence-electron chi connectivity index (χ3n) is 5.75. The highest BCUT2D eigenvalue weighted by Crippen LogP contribution is 2.45. The number of hydrogen-bond donors (Lipinski definition) is 1. The number of ketones is 1. The molecule has 0 spiro atoms. The number of carbonyl (C=O) groups is 2. The number of aliphatic hydroxyl groups excluding tert-OH is 1. The maximum atomic E-state index is 13.5. The Morgan fingerprint density at radius 1 is 1.14 bits per heavy atom. The molecule has 0 saturated carbocycles. The largest absolute Gasteiger partial charge is 0.507 e. The molecule has 1 amide bonds. The monoisotopic (exact) mass is 505 g/mol. The van der Waals surface area contributed by atoms with Crippen molar-refractivity contribution in [1.29, 1.82) is 0 Å². The summed E-state index contributed by atoms with van der Waals surface area (Å²) in [7, 11) is 1.51. The molecule has 11 heteroatoms. The lowest BCUT2D eigenvalue weighted by atomic mass is 9.95. The number of benzene rings is 3. The van der Waals surface area contributed by atoms with Gasteiger partial charge in [-0.2, -0.15) is 0 Å². The van der Waals surface area contributed by atoms with Crippen LogP contribution in [0.1, 0.15) is 17.2 Å². The summed E-state index contributed by atoms with van der Waals surface area (Å²) in [6.45, 7) is 0. The smallest absolute Gasteiger partial charge is 0.301 e. The second-order valence-corrected chi connectivity index (χ2v) is 8.87. The second kappa shape index (κ2) is 8.86. The van der Waals surface area contributed by atoms with Gasteiger partial charge in [-0.25, -0.2) is 9.37 Å². The molecule has 0 unspecified atom stereocenters. The van der Waals surface area contributed by atoms with Crippen LogP contribution in [0.2, 0.25) is 0 Å². The van der Waals surface area contributed by atoms with E-state index in [0.717, 1.165) is 28.4 Å². The number of fused-ring (bicyclic) bond motifs is 1. The summed E-state index contributed by atoms with van der Waals surface area (Å²) in [5, 5.41) is 22.7. The number of anilines is 1. The van der Waals surface area contributed by atoms with Crippen LogP contribution < -0.4 is 9.64 Å². The molecule has 1 saturated heterocycles. The van der Waals surface area contributed by atoms with Crippen molar-refractivity contribution in [3.8, 4) is 5.75 Å². The minimum absolute atomic E-state index is 0.110. The average molecular weight is 505 g/mol. The molecule has 1 fully saturated rings. The van der Waals surface area contributed by atoms with E-state index in [0.29, 0.717) is 16.0 Å². The quantitative estimate of drug-likeness (QED) is 0.133. The number of carbonyl (C=O) groups excluding carboxylic acids is 2. The van der Waals surface area contributed by atoms with Crippen LogP contribution in [0.25, 0.3) is 16.0 Å². The van der Waals surface area contributed by atoms with Gasteiger partial charge < -0.3 is 9.84 Å². The second-order valence-electron chi connectivity index (χ2n) is 7.86. The summed E-state index contributed by atoms with van der Waals surface area (Å²) in [5.74, 6) is -2.46. The molecule has 1 aliphatic heterocycles. The summed E-state index contributed by atoms with van der Waals surface area (Å²) in [4.78, 5) is 43.0.